The summed E-state index contributed by atoms with van der Waals surface area (Å²) in [6.07, 6.45) is 0. The Morgan fingerprint density at radius 1 is 1.47 bits per heavy atom. The summed E-state index contributed by atoms with van der Waals surface area (Å²) in [4.78, 5) is 11.7. The molecule has 3 nitrogen and oxygen atoms in total. The molecule has 1 N–H and O–H groups in total. The molecule has 1 heterocycles. The van der Waals surface area contributed by atoms with Gasteiger partial charge < -0.3 is 0 Å². The first-order chi connectivity index (χ1) is 7.09. The van der Waals surface area contributed by atoms with E-state index in [0.29, 0.717) is 15.9 Å². The summed E-state index contributed by atoms with van der Waals surface area (Å²) >= 11 is 3.16. The number of aromatic amines is 1. The van der Waals surface area contributed by atoms with Gasteiger partial charge in [0.2, 0.25) is 0 Å². The second kappa shape index (κ2) is 3.66. The summed E-state index contributed by atoms with van der Waals surface area (Å²) in [7, 11) is 0. The molecular weight excluding hydrogens is 263 g/mol. The van der Waals surface area contributed by atoms with Crippen LogP contribution in [-0.4, -0.2) is 9.78 Å². The molecule has 0 fully saturated rings. The Labute approximate surface area is 93.7 Å². The zero-order valence-corrected chi connectivity index (χ0v) is 9.51. The van der Waals surface area contributed by atoms with Gasteiger partial charge in [-0.3, -0.25) is 9.89 Å². The number of nitrogens with zero attached hydrogens (tertiary/aromatic N) is 1. The van der Waals surface area contributed by atoms with Crippen LogP contribution in [0.4, 0.5) is 4.39 Å². The van der Waals surface area contributed by atoms with Gasteiger partial charge in [-0.2, -0.15) is 0 Å². The quantitative estimate of drug-likeness (QED) is 0.849. The second-order valence-corrected chi connectivity index (χ2v) is 3.96. The zero-order chi connectivity index (χ0) is 11.0. The van der Waals surface area contributed by atoms with Gasteiger partial charge in [-0.25, -0.2) is 9.07 Å². The van der Waals surface area contributed by atoms with E-state index in [0.717, 1.165) is 0 Å². The van der Waals surface area contributed by atoms with Gasteiger partial charge in [0.15, 0.2) is 0 Å². The van der Waals surface area contributed by atoms with E-state index in [1.54, 1.807) is 19.1 Å². The molecule has 0 aliphatic rings. The van der Waals surface area contributed by atoms with Gasteiger partial charge >= 0.3 is 0 Å². The minimum Gasteiger partial charge on any atom is -0.294 e. The van der Waals surface area contributed by atoms with Gasteiger partial charge in [-0.1, -0.05) is 6.07 Å². The number of rotatable bonds is 1. The first kappa shape index (κ1) is 10.2. The summed E-state index contributed by atoms with van der Waals surface area (Å²) in [5.41, 5.74) is 0.969. The molecule has 78 valence electrons. The summed E-state index contributed by atoms with van der Waals surface area (Å²) in [5.74, 6) is -0.372. The van der Waals surface area contributed by atoms with Crippen LogP contribution in [0.15, 0.2) is 33.5 Å². The lowest BCUT2D eigenvalue weighted by Gasteiger charge is -2.00. The molecule has 0 saturated carbocycles. The fraction of sp³-hybridized carbons (Fsp3) is 0.100. The van der Waals surface area contributed by atoms with Crippen molar-refractivity contribution in [2.24, 2.45) is 0 Å². The molecule has 0 amide bonds. The van der Waals surface area contributed by atoms with E-state index in [9.17, 15) is 9.18 Å². The molecule has 5 heteroatoms. The van der Waals surface area contributed by atoms with E-state index in [1.807, 2.05) is 0 Å². The van der Waals surface area contributed by atoms with Crippen molar-refractivity contribution in [1.29, 1.82) is 0 Å². The highest BCUT2D eigenvalue weighted by Crippen LogP contribution is 2.12. The van der Waals surface area contributed by atoms with E-state index >= 15 is 0 Å². The van der Waals surface area contributed by atoms with Crippen LogP contribution in [0.25, 0.3) is 5.69 Å². The van der Waals surface area contributed by atoms with Crippen LogP contribution in [0.2, 0.25) is 0 Å². The first-order valence-corrected chi connectivity index (χ1v) is 5.12. The monoisotopic (exact) mass is 270 g/mol. The van der Waals surface area contributed by atoms with E-state index in [4.69, 9.17) is 0 Å². The number of hydrogen-bond acceptors (Lipinski definition) is 1. The fourth-order valence-corrected chi connectivity index (χ4v) is 1.59. The lowest BCUT2D eigenvalue weighted by Crippen LogP contribution is -2.14. The van der Waals surface area contributed by atoms with Crippen LogP contribution < -0.4 is 5.56 Å². The van der Waals surface area contributed by atoms with Crippen molar-refractivity contribution in [3.63, 3.8) is 0 Å². The molecule has 0 atom stereocenters. The molecule has 2 rings (SSSR count). The van der Waals surface area contributed by atoms with Crippen LogP contribution in [0.5, 0.6) is 0 Å². The maximum Gasteiger partial charge on any atom is 0.285 e. The summed E-state index contributed by atoms with van der Waals surface area (Å²) < 4.78 is 14.7. The van der Waals surface area contributed by atoms with Crippen LogP contribution >= 0.6 is 15.9 Å². The van der Waals surface area contributed by atoms with Gasteiger partial charge in [0.05, 0.1) is 5.69 Å². The van der Waals surface area contributed by atoms with E-state index in [-0.39, 0.29) is 11.4 Å². The van der Waals surface area contributed by atoms with Crippen molar-refractivity contribution >= 4 is 15.9 Å². The first-order valence-electron chi connectivity index (χ1n) is 4.32. The van der Waals surface area contributed by atoms with Gasteiger partial charge in [0.25, 0.3) is 5.56 Å². The number of aromatic nitrogens is 2. The van der Waals surface area contributed by atoms with Crippen molar-refractivity contribution in [2.75, 3.05) is 0 Å². The minimum absolute atomic E-state index is 0.224. The molecule has 0 aliphatic carbocycles. The summed E-state index contributed by atoms with van der Waals surface area (Å²) in [6, 6.07) is 5.84. The molecule has 0 aliphatic heterocycles. The third-order valence-corrected chi connectivity index (χ3v) is 3.00. The Bertz CT molecular complexity index is 559. The van der Waals surface area contributed by atoms with Crippen molar-refractivity contribution < 1.29 is 4.39 Å². The van der Waals surface area contributed by atoms with Gasteiger partial charge in [0, 0.05) is 5.69 Å². The topological polar surface area (TPSA) is 37.8 Å². The highest BCUT2D eigenvalue weighted by atomic mass is 79.9. The van der Waals surface area contributed by atoms with Crippen molar-refractivity contribution in [3.8, 4) is 5.69 Å². The maximum atomic E-state index is 13.0. The number of halogens is 2. The van der Waals surface area contributed by atoms with Crippen molar-refractivity contribution in [2.45, 2.75) is 6.92 Å². The average Bonchev–Trinajstić information content (AvgIpc) is 2.46. The molecule has 2 aromatic rings. The predicted molar refractivity (Wildman–Crippen MR) is 58.8 cm³/mol. The molecule has 1 aromatic carbocycles. The normalized spacial score (nSPS) is 10.6. The lowest BCUT2D eigenvalue weighted by atomic mass is 10.3. The molecular formula is C10H8BrFN2O. The highest BCUT2D eigenvalue weighted by molar-refractivity contribution is 9.10. The average molecular weight is 271 g/mol. The van der Waals surface area contributed by atoms with E-state index in [1.165, 1.54) is 16.8 Å². The number of aryl methyl sites for hydroxylation is 1. The van der Waals surface area contributed by atoms with Crippen molar-refractivity contribution in [1.82, 2.24) is 9.78 Å². The Kier molecular flexibility index (Phi) is 2.48. The van der Waals surface area contributed by atoms with Gasteiger partial charge in [-0.05, 0) is 41.1 Å². The summed E-state index contributed by atoms with van der Waals surface area (Å²) in [6.45, 7) is 1.77. The van der Waals surface area contributed by atoms with Gasteiger partial charge in [0.1, 0.15) is 10.3 Å². The van der Waals surface area contributed by atoms with Crippen LogP contribution in [0.1, 0.15) is 5.69 Å². The number of benzene rings is 1. The highest BCUT2D eigenvalue weighted by Gasteiger charge is 2.09. The van der Waals surface area contributed by atoms with Crippen LogP contribution in [0, 0.1) is 12.7 Å². The smallest absolute Gasteiger partial charge is 0.285 e. The van der Waals surface area contributed by atoms with Crippen LogP contribution in [-0.2, 0) is 0 Å². The van der Waals surface area contributed by atoms with E-state index < -0.39 is 0 Å². The molecule has 0 spiro atoms. The lowest BCUT2D eigenvalue weighted by molar-refractivity contribution is 0.625. The molecule has 0 saturated heterocycles. The Morgan fingerprint density at radius 3 is 2.73 bits per heavy atom. The van der Waals surface area contributed by atoms with Crippen molar-refractivity contribution in [3.05, 3.63) is 50.6 Å². The fourth-order valence-electron chi connectivity index (χ4n) is 1.32. The molecule has 0 bridgehead atoms. The number of hydrogen-bond donors (Lipinski definition) is 1. The Hall–Kier alpha value is -1.36. The standard InChI is InChI=1S/C10H8BrFN2O/c1-6-9(11)10(15)14(13-6)8-4-2-3-7(12)5-8/h2-5,13H,1H3. The zero-order valence-electron chi connectivity index (χ0n) is 7.92. The third kappa shape index (κ3) is 1.74. The van der Waals surface area contributed by atoms with E-state index in [2.05, 4.69) is 21.0 Å². The second-order valence-electron chi connectivity index (χ2n) is 3.17. The predicted octanol–water partition coefficient (Wildman–Crippen LogP) is 2.38. The molecule has 0 unspecified atom stereocenters. The third-order valence-electron chi connectivity index (χ3n) is 2.07. The maximum absolute atomic E-state index is 13.0. The van der Waals surface area contributed by atoms with Crippen LogP contribution in [0.3, 0.4) is 0 Å². The Balaban J connectivity index is 2.64. The number of H-pyrrole nitrogens is 1. The minimum atomic E-state index is -0.372. The largest absolute Gasteiger partial charge is 0.294 e. The van der Waals surface area contributed by atoms with Gasteiger partial charge in [-0.15, -0.1) is 0 Å². The SMILES string of the molecule is Cc1[nH]n(-c2cccc(F)c2)c(=O)c1Br. The summed E-state index contributed by atoms with van der Waals surface area (Å²) in [5, 5.41) is 2.85. The molecule has 0 radical (unpaired) electrons. The number of nitrogens with one attached hydrogen (secondary N) is 1. The molecule has 1 aromatic heterocycles. The molecule has 15 heavy (non-hydrogen) atoms. The Morgan fingerprint density at radius 2 is 2.20 bits per heavy atom.